The van der Waals surface area contributed by atoms with E-state index in [0.717, 1.165) is 19.5 Å². The summed E-state index contributed by atoms with van der Waals surface area (Å²) in [6, 6.07) is 8.33. The summed E-state index contributed by atoms with van der Waals surface area (Å²) in [6.07, 6.45) is 1.03. The van der Waals surface area contributed by atoms with E-state index in [0.29, 0.717) is 12.5 Å². The average Bonchev–Trinajstić information content (AvgIpc) is 2.31. The number of rotatable bonds is 7. The summed E-state index contributed by atoms with van der Waals surface area (Å²) >= 11 is 0. The maximum atomic E-state index is 11.5. The lowest BCUT2D eigenvalue weighted by Crippen LogP contribution is -2.34. The van der Waals surface area contributed by atoms with Crippen LogP contribution in [-0.2, 0) is 11.3 Å². The molecule has 0 aliphatic heterocycles. The molecule has 1 aromatic rings. The Morgan fingerprint density at radius 3 is 2.50 bits per heavy atom. The number of amides is 1. The number of hydrogen-bond donors (Lipinski definition) is 2. The number of hydrogen-bond acceptors (Lipinski definition) is 2. The molecule has 0 saturated carbocycles. The van der Waals surface area contributed by atoms with Gasteiger partial charge in [0.15, 0.2) is 0 Å². The third kappa shape index (κ3) is 6.40. The van der Waals surface area contributed by atoms with Crippen LogP contribution in [0.2, 0.25) is 0 Å². The molecule has 100 valence electrons. The highest BCUT2D eigenvalue weighted by molar-refractivity contribution is 5.77. The fourth-order valence-electron chi connectivity index (χ4n) is 1.59. The molecule has 0 heterocycles. The third-order valence-electron chi connectivity index (χ3n) is 2.78. The number of aryl methyl sites for hydroxylation is 1. The SMILES string of the molecule is Cc1ccc(CNCC(=O)NCCC(C)C)cc1. The number of nitrogens with one attached hydrogen (secondary N) is 2. The monoisotopic (exact) mass is 248 g/mol. The number of benzene rings is 1. The van der Waals surface area contributed by atoms with Crippen molar-refractivity contribution < 1.29 is 4.79 Å². The van der Waals surface area contributed by atoms with Crippen molar-refractivity contribution in [3.63, 3.8) is 0 Å². The van der Waals surface area contributed by atoms with Gasteiger partial charge in [0.05, 0.1) is 6.54 Å². The first kappa shape index (κ1) is 14.7. The maximum absolute atomic E-state index is 11.5. The molecule has 0 radical (unpaired) electrons. The van der Waals surface area contributed by atoms with Gasteiger partial charge in [0.2, 0.25) is 5.91 Å². The normalized spacial score (nSPS) is 10.7. The van der Waals surface area contributed by atoms with Crippen LogP contribution >= 0.6 is 0 Å². The van der Waals surface area contributed by atoms with Crippen molar-refractivity contribution in [3.05, 3.63) is 35.4 Å². The summed E-state index contributed by atoms with van der Waals surface area (Å²) in [5, 5.41) is 6.05. The highest BCUT2D eigenvalue weighted by atomic mass is 16.1. The van der Waals surface area contributed by atoms with Crippen LogP contribution in [0.3, 0.4) is 0 Å². The van der Waals surface area contributed by atoms with Gasteiger partial charge in [-0.1, -0.05) is 43.7 Å². The van der Waals surface area contributed by atoms with Gasteiger partial charge in [-0.05, 0) is 24.8 Å². The van der Waals surface area contributed by atoms with Gasteiger partial charge in [-0.25, -0.2) is 0 Å². The van der Waals surface area contributed by atoms with Crippen molar-refractivity contribution in [1.29, 1.82) is 0 Å². The lowest BCUT2D eigenvalue weighted by atomic mass is 10.1. The van der Waals surface area contributed by atoms with Crippen LogP contribution in [0.1, 0.15) is 31.4 Å². The first-order valence-corrected chi connectivity index (χ1v) is 6.61. The van der Waals surface area contributed by atoms with Gasteiger partial charge in [0, 0.05) is 13.1 Å². The summed E-state index contributed by atoms with van der Waals surface area (Å²) in [5.41, 5.74) is 2.46. The molecule has 0 aromatic heterocycles. The zero-order valence-electron chi connectivity index (χ0n) is 11.6. The zero-order valence-corrected chi connectivity index (χ0v) is 11.6. The first-order valence-electron chi connectivity index (χ1n) is 6.61. The largest absolute Gasteiger partial charge is 0.355 e. The predicted octanol–water partition coefficient (Wildman–Crippen LogP) is 2.25. The topological polar surface area (TPSA) is 41.1 Å². The minimum absolute atomic E-state index is 0.0720. The Kier molecular flexibility index (Phi) is 6.44. The number of carbonyl (C=O) groups is 1. The van der Waals surface area contributed by atoms with E-state index in [4.69, 9.17) is 0 Å². The smallest absolute Gasteiger partial charge is 0.233 e. The fraction of sp³-hybridized carbons (Fsp3) is 0.533. The van der Waals surface area contributed by atoms with Gasteiger partial charge in [-0.3, -0.25) is 4.79 Å². The van der Waals surface area contributed by atoms with Gasteiger partial charge < -0.3 is 10.6 Å². The second-order valence-electron chi connectivity index (χ2n) is 5.12. The molecule has 0 atom stereocenters. The molecule has 0 aliphatic carbocycles. The van der Waals surface area contributed by atoms with Gasteiger partial charge in [0.1, 0.15) is 0 Å². The van der Waals surface area contributed by atoms with Gasteiger partial charge in [0.25, 0.3) is 0 Å². The van der Waals surface area contributed by atoms with Crippen LogP contribution in [0.4, 0.5) is 0 Å². The fourth-order valence-corrected chi connectivity index (χ4v) is 1.59. The summed E-state index contributed by atoms with van der Waals surface area (Å²) in [7, 11) is 0. The summed E-state index contributed by atoms with van der Waals surface area (Å²) < 4.78 is 0. The van der Waals surface area contributed by atoms with E-state index in [-0.39, 0.29) is 5.91 Å². The van der Waals surface area contributed by atoms with Crippen molar-refractivity contribution in [1.82, 2.24) is 10.6 Å². The maximum Gasteiger partial charge on any atom is 0.233 e. The van der Waals surface area contributed by atoms with Crippen LogP contribution in [0, 0.1) is 12.8 Å². The summed E-state index contributed by atoms with van der Waals surface area (Å²) in [4.78, 5) is 11.5. The van der Waals surface area contributed by atoms with Crippen molar-refractivity contribution in [3.8, 4) is 0 Å². The third-order valence-corrected chi connectivity index (χ3v) is 2.78. The van der Waals surface area contributed by atoms with E-state index in [1.54, 1.807) is 0 Å². The minimum Gasteiger partial charge on any atom is -0.355 e. The standard InChI is InChI=1S/C15H24N2O/c1-12(2)8-9-17-15(18)11-16-10-14-6-4-13(3)5-7-14/h4-7,12,16H,8-11H2,1-3H3,(H,17,18). The number of carbonyl (C=O) groups excluding carboxylic acids is 1. The Balaban J connectivity index is 2.13. The van der Waals surface area contributed by atoms with E-state index in [9.17, 15) is 4.79 Å². The second kappa shape index (κ2) is 7.88. The molecule has 3 nitrogen and oxygen atoms in total. The second-order valence-corrected chi connectivity index (χ2v) is 5.12. The molecule has 1 amide bonds. The molecule has 18 heavy (non-hydrogen) atoms. The Bertz CT molecular complexity index is 357. The minimum atomic E-state index is 0.0720. The van der Waals surface area contributed by atoms with Crippen molar-refractivity contribution in [2.75, 3.05) is 13.1 Å². The highest BCUT2D eigenvalue weighted by Crippen LogP contribution is 2.02. The van der Waals surface area contributed by atoms with Crippen molar-refractivity contribution in [2.45, 2.75) is 33.7 Å². The summed E-state index contributed by atoms with van der Waals surface area (Å²) in [5.74, 6) is 0.702. The lowest BCUT2D eigenvalue weighted by molar-refractivity contribution is -0.120. The molecule has 0 bridgehead atoms. The Morgan fingerprint density at radius 2 is 1.89 bits per heavy atom. The predicted molar refractivity (Wildman–Crippen MR) is 75.4 cm³/mol. The van der Waals surface area contributed by atoms with E-state index >= 15 is 0 Å². The van der Waals surface area contributed by atoms with E-state index in [1.807, 2.05) is 0 Å². The molecule has 0 fully saturated rings. The summed E-state index contributed by atoms with van der Waals surface area (Å²) in [6.45, 7) is 8.26. The van der Waals surface area contributed by atoms with Gasteiger partial charge >= 0.3 is 0 Å². The molecule has 3 heteroatoms. The molecule has 0 saturated heterocycles. The van der Waals surface area contributed by atoms with Crippen molar-refractivity contribution >= 4 is 5.91 Å². The molecule has 0 unspecified atom stereocenters. The average molecular weight is 248 g/mol. The van der Waals surface area contributed by atoms with Gasteiger partial charge in [-0.15, -0.1) is 0 Å². The van der Waals surface area contributed by atoms with Crippen LogP contribution in [0.25, 0.3) is 0 Å². The van der Waals surface area contributed by atoms with Crippen LogP contribution in [0.5, 0.6) is 0 Å². The lowest BCUT2D eigenvalue weighted by Gasteiger charge is -2.08. The van der Waals surface area contributed by atoms with E-state index < -0.39 is 0 Å². The molecule has 0 aliphatic rings. The van der Waals surface area contributed by atoms with E-state index in [1.165, 1.54) is 11.1 Å². The van der Waals surface area contributed by atoms with Gasteiger partial charge in [-0.2, -0.15) is 0 Å². The zero-order chi connectivity index (χ0) is 13.4. The highest BCUT2D eigenvalue weighted by Gasteiger charge is 2.01. The quantitative estimate of drug-likeness (QED) is 0.777. The molecule has 0 spiro atoms. The molecular weight excluding hydrogens is 224 g/mol. The first-order chi connectivity index (χ1) is 8.58. The van der Waals surface area contributed by atoms with Crippen molar-refractivity contribution in [2.24, 2.45) is 5.92 Å². The Hall–Kier alpha value is -1.35. The molecule has 1 aromatic carbocycles. The van der Waals surface area contributed by atoms with E-state index in [2.05, 4.69) is 55.7 Å². The van der Waals surface area contributed by atoms with Crippen LogP contribution in [-0.4, -0.2) is 19.0 Å². The van der Waals surface area contributed by atoms with Crippen LogP contribution < -0.4 is 10.6 Å². The van der Waals surface area contributed by atoms with Crippen LogP contribution in [0.15, 0.2) is 24.3 Å². The molecule has 1 rings (SSSR count). The molecular formula is C15H24N2O. The Morgan fingerprint density at radius 1 is 1.22 bits per heavy atom. The Labute approximate surface area is 110 Å². The molecule has 2 N–H and O–H groups in total.